The molecule has 1 fully saturated rings. The van der Waals surface area contributed by atoms with Crippen LogP contribution >= 0.6 is 0 Å². The summed E-state index contributed by atoms with van der Waals surface area (Å²) in [5.74, 6) is 0. The zero-order chi connectivity index (χ0) is 17.2. The van der Waals surface area contributed by atoms with Gasteiger partial charge in [-0.05, 0) is 37.6 Å². The Morgan fingerprint density at radius 2 is 1.96 bits per heavy atom. The summed E-state index contributed by atoms with van der Waals surface area (Å²) in [4.78, 5) is 10.4. The molecule has 4 nitrogen and oxygen atoms in total. The SMILES string of the molecule is C[C@@H](N[C@@H]1CCN(c2ccc(C(F)(F)F)cc2)C1)c1cnccn1. The molecule has 128 valence electrons. The first kappa shape index (κ1) is 16.7. The number of aromatic nitrogens is 2. The highest BCUT2D eigenvalue weighted by molar-refractivity contribution is 5.49. The van der Waals surface area contributed by atoms with Crippen LogP contribution in [0.25, 0.3) is 0 Å². The number of alkyl halides is 3. The number of benzene rings is 1. The maximum Gasteiger partial charge on any atom is 0.416 e. The molecule has 0 spiro atoms. The molecule has 0 amide bonds. The Balaban J connectivity index is 1.59. The monoisotopic (exact) mass is 336 g/mol. The predicted octanol–water partition coefficient (Wildman–Crippen LogP) is 3.42. The standard InChI is InChI=1S/C17H19F3N4/c1-12(16-10-21-7-8-22-16)23-14-6-9-24(11-14)15-4-2-13(3-5-15)17(18,19)20/h2-5,7-8,10,12,14,23H,6,9,11H2,1H3/t12-,14-/m1/s1. The highest BCUT2D eigenvalue weighted by atomic mass is 19.4. The van der Waals surface area contributed by atoms with E-state index in [0.717, 1.165) is 43.0 Å². The van der Waals surface area contributed by atoms with E-state index in [4.69, 9.17) is 0 Å². The van der Waals surface area contributed by atoms with E-state index in [2.05, 4.69) is 20.2 Å². The second-order valence-electron chi connectivity index (χ2n) is 5.99. The van der Waals surface area contributed by atoms with Crippen LogP contribution in [-0.4, -0.2) is 29.1 Å². The summed E-state index contributed by atoms with van der Waals surface area (Å²) in [6.07, 6.45) is 1.68. The van der Waals surface area contributed by atoms with Crippen LogP contribution in [0, 0.1) is 0 Å². The minimum Gasteiger partial charge on any atom is -0.370 e. The van der Waals surface area contributed by atoms with Crippen LogP contribution in [0.15, 0.2) is 42.9 Å². The Labute approximate surface area is 138 Å². The normalized spacial score (nSPS) is 19.5. The van der Waals surface area contributed by atoms with Crippen molar-refractivity contribution in [1.29, 1.82) is 0 Å². The molecule has 24 heavy (non-hydrogen) atoms. The van der Waals surface area contributed by atoms with Gasteiger partial charge in [0.2, 0.25) is 0 Å². The van der Waals surface area contributed by atoms with E-state index in [1.165, 1.54) is 12.1 Å². The van der Waals surface area contributed by atoms with E-state index in [9.17, 15) is 13.2 Å². The van der Waals surface area contributed by atoms with E-state index in [0.29, 0.717) is 0 Å². The summed E-state index contributed by atoms with van der Waals surface area (Å²) in [7, 11) is 0. The van der Waals surface area contributed by atoms with Crippen molar-refractivity contribution in [3.05, 3.63) is 54.1 Å². The largest absolute Gasteiger partial charge is 0.416 e. The van der Waals surface area contributed by atoms with Gasteiger partial charge in [-0.1, -0.05) is 0 Å². The first-order chi connectivity index (χ1) is 11.4. The van der Waals surface area contributed by atoms with Crippen LogP contribution in [0.2, 0.25) is 0 Å². The summed E-state index contributed by atoms with van der Waals surface area (Å²) in [6, 6.07) is 5.70. The highest BCUT2D eigenvalue weighted by Gasteiger charge is 2.31. The number of halogens is 3. The van der Waals surface area contributed by atoms with Crippen molar-refractivity contribution in [2.24, 2.45) is 0 Å². The Morgan fingerprint density at radius 3 is 2.58 bits per heavy atom. The second-order valence-corrected chi connectivity index (χ2v) is 5.99. The summed E-state index contributed by atoms with van der Waals surface area (Å²) >= 11 is 0. The van der Waals surface area contributed by atoms with Gasteiger partial charge in [-0.15, -0.1) is 0 Å². The van der Waals surface area contributed by atoms with E-state index in [1.807, 2.05) is 6.92 Å². The van der Waals surface area contributed by atoms with Crippen molar-refractivity contribution in [2.75, 3.05) is 18.0 Å². The van der Waals surface area contributed by atoms with E-state index in [1.54, 1.807) is 18.6 Å². The first-order valence-electron chi connectivity index (χ1n) is 7.87. The number of nitrogens with zero attached hydrogens (tertiary/aromatic N) is 3. The average Bonchev–Trinajstić information content (AvgIpc) is 3.03. The van der Waals surface area contributed by atoms with Crippen LogP contribution in [0.5, 0.6) is 0 Å². The molecule has 0 aliphatic carbocycles. The van der Waals surface area contributed by atoms with Gasteiger partial charge in [0.1, 0.15) is 0 Å². The lowest BCUT2D eigenvalue weighted by molar-refractivity contribution is -0.137. The third-order valence-corrected chi connectivity index (χ3v) is 4.26. The summed E-state index contributed by atoms with van der Waals surface area (Å²) < 4.78 is 37.9. The first-order valence-corrected chi connectivity index (χ1v) is 7.87. The summed E-state index contributed by atoms with van der Waals surface area (Å²) in [5.41, 5.74) is 1.08. The van der Waals surface area contributed by atoms with Crippen LogP contribution in [0.1, 0.15) is 30.6 Å². The Morgan fingerprint density at radius 1 is 1.21 bits per heavy atom. The Kier molecular flexibility index (Phi) is 4.71. The molecule has 1 aromatic heterocycles. The van der Waals surface area contributed by atoms with Crippen LogP contribution in [0.4, 0.5) is 18.9 Å². The number of hydrogen-bond donors (Lipinski definition) is 1. The van der Waals surface area contributed by atoms with Gasteiger partial charge >= 0.3 is 6.18 Å². The quantitative estimate of drug-likeness (QED) is 0.929. The van der Waals surface area contributed by atoms with E-state index < -0.39 is 11.7 Å². The molecule has 1 aliphatic rings. The van der Waals surface area contributed by atoms with Crippen LogP contribution in [0.3, 0.4) is 0 Å². The average molecular weight is 336 g/mol. The third-order valence-electron chi connectivity index (χ3n) is 4.26. The van der Waals surface area contributed by atoms with Gasteiger partial charge in [-0.3, -0.25) is 9.97 Å². The van der Waals surface area contributed by atoms with Crippen molar-refractivity contribution < 1.29 is 13.2 Å². The lowest BCUT2D eigenvalue weighted by atomic mass is 10.2. The number of rotatable bonds is 4. The van der Waals surface area contributed by atoms with Gasteiger partial charge in [-0.2, -0.15) is 13.2 Å². The molecule has 0 unspecified atom stereocenters. The topological polar surface area (TPSA) is 41.0 Å². The maximum absolute atomic E-state index is 12.6. The second kappa shape index (κ2) is 6.76. The molecule has 3 rings (SSSR count). The lowest BCUT2D eigenvalue weighted by Gasteiger charge is -2.21. The number of hydrogen-bond acceptors (Lipinski definition) is 4. The van der Waals surface area contributed by atoms with Gasteiger partial charge in [0.15, 0.2) is 0 Å². The van der Waals surface area contributed by atoms with Gasteiger partial charge in [0.05, 0.1) is 11.3 Å². The molecule has 7 heteroatoms. The minimum atomic E-state index is -4.29. The molecule has 1 aromatic carbocycles. The highest BCUT2D eigenvalue weighted by Crippen LogP contribution is 2.31. The fraction of sp³-hybridized carbons (Fsp3) is 0.412. The van der Waals surface area contributed by atoms with E-state index >= 15 is 0 Å². The molecule has 1 N–H and O–H groups in total. The molecular weight excluding hydrogens is 317 g/mol. The molecular formula is C17H19F3N4. The molecule has 2 heterocycles. The van der Waals surface area contributed by atoms with Gasteiger partial charge in [0, 0.05) is 49.5 Å². The van der Waals surface area contributed by atoms with Gasteiger partial charge in [-0.25, -0.2) is 0 Å². The van der Waals surface area contributed by atoms with Crippen molar-refractivity contribution in [2.45, 2.75) is 31.6 Å². The maximum atomic E-state index is 12.6. The van der Waals surface area contributed by atoms with Crippen LogP contribution < -0.4 is 10.2 Å². The smallest absolute Gasteiger partial charge is 0.370 e. The predicted molar refractivity (Wildman–Crippen MR) is 85.6 cm³/mol. The lowest BCUT2D eigenvalue weighted by Crippen LogP contribution is -2.34. The molecule has 2 aromatic rings. The Hall–Kier alpha value is -2.15. The van der Waals surface area contributed by atoms with Crippen molar-refractivity contribution in [1.82, 2.24) is 15.3 Å². The third kappa shape index (κ3) is 3.84. The zero-order valence-corrected chi connectivity index (χ0v) is 13.3. The van der Waals surface area contributed by atoms with Crippen molar-refractivity contribution in [3.63, 3.8) is 0 Å². The van der Waals surface area contributed by atoms with Crippen molar-refractivity contribution >= 4 is 5.69 Å². The molecule has 1 saturated heterocycles. The van der Waals surface area contributed by atoms with Crippen molar-refractivity contribution in [3.8, 4) is 0 Å². The fourth-order valence-corrected chi connectivity index (χ4v) is 2.97. The molecule has 0 saturated carbocycles. The number of anilines is 1. The molecule has 1 aliphatic heterocycles. The fourth-order valence-electron chi connectivity index (χ4n) is 2.97. The molecule has 2 atom stereocenters. The zero-order valence-electron chi connectivity index (χ0n) is 13.3. The molecule has 0 radical (unpaired) electrons. The van der Waals surface area contributed by atoms with Gasteiger partial charge in [0.25, 0.3) is 0 Å². The van der Waals surface area contributed by atoms with Crippen LogP contribution in [-0.2, 0) is 6.18 Å². The summed E-state index contributed by atoms with van der Waals surface area (Å²) in [5, 5.41) is 3.51. The summed E-state index contributed by atoms with van der Waals surface area (Å²) in [6.45, 7) is 3.61. The van der Waals surface area contributed by atoms with E-state index in [-0.39, 0.29) is 12.1 Å². The Bertz CT molecular complexity index is 658. The number of nitrogens with one attached hydrogen (secondary N) is 1. The molecule has 0 bridgehead atoms. The minimum absolute atomic E-state index is 0.0799. The van der Waals surface area contributed by atoms with Gasteiger partial charge < -0.3 is 10.2 Å².